The summed E-state index contributed by atoms with van der Waals surface area (Å²) in [4.78, 5) is 13.1. The van der Waals surface area contributed by atoms with Gasteiger partial charge in [0.05, 0.1) is 13.2 Å². The fourth-order valence-corrected chi connectivity index (χ4v) is 2.41. The van der Waals surface area contributed by atoms with Crippen molar-refractivity contribution < 1.29 is 9.90 Å². The number of hydrogen-bond donors (Lipinski definition) is 2. The lowest BCUT2D eigenvalue weighted by Crippen LogP contribution is -2.28. The summed E-state index contributed by atoms with van der Waals surface area (Å²) >= 11 is 1.59. The Labute approximate surface area is 131 Å². The first-order chi connectivity index (χ1) is 9.84. The number of aliphatic hydroxyl groups excluding tert-OH is 1. The minimum absolute atomic E-state index is 0.0773. The van der Waals surface area contributed by atoms with Crippen LogP contribution in [0.5, 0.6) is 0 Å². The summed E-state index contributed by atoms with van der Waals surface area (Å²) in [6, 6.07) is 1.95. The summed E-state index contributed by atoms with van der Waals surface area (Å²) in [5, 5.41) is 13.7. The molecule has 0 aliphatic heterocycles. The third-order valence-corrected chi connectivity index (χ3v) is 4.54. The zero-order valence-electron chi connectivity index (χ0n) is 13.3. The predicted molar refractivity (Wildman–Crippen MR) is 88.0 cm³/mol. The van der Waals surface area contributed by atoms with Gasteiger partial charge in [-0.1, -0.05) is 39.5 Å². The molecular weight excluding hydrogens is 282 g/mol. The number of hydrogen-bond acceptors (Lipinski definition) is 3. The second-order valence-electron chi connectivity index (χ2n) is 6.28. The Morgan fingerprint density at radius 3 is 2.81 bits per heavy atom. The molecule has 0 saturated heterocycles. The largest absolute Gasteiger partial charge is 0.395 e. The number of aliphatic hydroxyl groups is 1. The van der Waals surface area contributed by atoms with E-state index in [-0.39, 0.29) is 17.9 Å². The van der Waals surface area contributed by atoms with Crippen molar-refractivity contribution in [2.75, 3.05) is 6.61 Å². The molecule has 1 rings (SSSR count). The van der Waals surface area contributed by atoms with Gasteiger partial charge in [-0.15, -0.1) is 11.3 Å². The predicted octanol–water partition coefficient (Wildman–Crippen LogP) is 3.17. The number of carbonyl (C=O) groups excluding carboxylic acids is 1. The Bertz CT molecular complexity index is 517. The Morgan fingerprint density at radius 2 is 2.19 bits per heavy atom. The Morgan fingerprint density at radius 1 is 1.48 bits per heavy atom. The molecule has 0 fully saturated rings. The molecule has 0 aliphatic carbocycles. The molecule has 116 valence electrons. The van der Waals surface area contributed by atoms with Crippen LogP contribution in [0.2, 0.25) is 0 Å². The molecule has 0 aliphatic rings. The zero-order valence-corrected chi connectivity index (χ0v) is 14.1. The van der Waals surface area contributed by atoms with Crippen LogP contribution < -0.4 is 5.32 Å². The smallest absolute Gasteiger partial charge is 0.220 e. The van der Waals surface area contributed by atoms with E-state index in [1.807, 2.05) is 11.4 Å². The molecule has 0 spiro atoms. The van der Waals surface area contributed by atoms with Crippen molar-refractivity contribution in [1.82, 2.24) is 5.32 Å². The Hall–Kier alpha value is -1.31. The molecule has 21 heavy (non-hydrogen) atoms. The van der Waals surface area contributed by atoms with Crippen LogP contribution in [-0.2, 0) is 11.3 Å². The third-order valence-electron chi connectivity index (χ3n) is 3.62. The maximum atomic E-state index is 12.0. The number of nitrogens with one attached hydrogen (secondary N) is 1. The van der Waals surface area contributed by atoms with E-state index in [4.69, 9.17) is 5.11 Å². The summed E-state index contributed by atoms with van der Waals surface area (Å²) < 4.78 is 0. The number of carbonyl (C=O) groups is 1. The van der Waals surface area contributed by atoms with E-state index >= 15 is 0 Å². The van der Waals surface area contributed by atoms with Crippen LogP contribution in [-0.4, -0.2) is 17.6 Å². The molecule has 2 N–H and O–H groups in total. The Balaban J connectivity index is 2.51. The van der Waals surface area contributed by atoms with Crippen molar-refractivity contribution in [3.05, 3.63) is 21.9 Å². The molecule has 1 amide bonds. The van der Waals surface area contributed by atoms with Crippen LogP contribution in [0.15, 0.2) is 11.4 Å². The maximum Gasteiger partial charge on any atom is 0.220 e. The van der Waals surface area contributed by atoms with Gasteiger partial charge >= 0.3 is 0 Å². The number of thiophene rings is 1. The topological polar surface area (TPSA) is 49.3 Å². The first-order valence-electron chi connectivity index (χ1n) is 7.27. The van der Waals surface area contributed by atoms with E-state index < -0.39 is 0 Å². The molecule has 1 atom stereocenters. The van der Waals surface area contributed by atoms with E-state index in [0.717, 1.165) is 10.4 Å². The average molecular weight is 307 g/mol. The summed E-state index contributed by atoms with van der Waals surface area (Å²) in [6.07, 6.45) is 1.02. The molecule has 4 heteroatoms. The van der Waals surface area contributed by atoms with Gasteiger partial charge in [0, 0.05) is 23.3 Å². The standard InChI is InChI=1S/C17H25NO2S/c1-13(17(2,3)4)11-16(20)18-12-15-14(8-10-21-15)7-5-6-9-19/h8,10,13,19H,6,9,11-12H2,1-4H3,(H,18,20). The van der Waals surface area contributed by atoms with Crippen LogP contribution >= 0.6 is 11.3 Å². The van der Waals surface area contributed by atoms with Gasteiger partial charge in [0.15, 0.2) is 0 Å². The molecule has 1 heterocycles. The second-order valence-corrected chi connectivity index (χ2v) is 7.28. The van der Waals surface area contributed by atoms with Crippen molar-refractivity contribution in [1.29, 1.82) is 0 Å². The third kappa shape index (κ3) is 6.33. The van der Waals surface area contributed by atoms with Crippen LogP contribution in [0.1, 0.15) is 51.0 Å². The number of rotatable bonds is 5. The summed E-state index contributed by atoms with van der Waals surface area (Å²) in [5.74, 6) is 6.36. The van der Waals surface area contributed by atoms with Crippen LogP contribution in [0.25, 0.3) is 0 Å². The van der Waals surface area contributed by atoms with E-state index in [1.54, 1.807) is 11.3 Å². The van der Waals surface area contributed by atoms with Gasteiger partial charge in [0.25, 0.3) is 0 Å². The highest BCUT2D eigenvalue weighted by molar-refractivity contribution is 7.10. The van der Waals surface area contributed by atoms with Gasteiger partial charge in [-0.3, -0.25) is 4.79 Å². The molecule has 3 nitrogen and oxygen atoms in total. The van der Waals surface area contributed by atoms with E-state index in [9.17, 15) is 4.79 Å². The van der Waals surface area contributed by atoms with Gasteiger partial charge in [-0.2, -0.15) is 0 Å². The summed E-state index contributed by atoms with van der Waals surface area (Å²) in [5.41, 5.74) is 1.08. The van der Waals surface area contributed by atoms with Crippen molar-refractivity contribution in [2.45, 2.75) is 47.1 Å². The van der Waals surface area contributed by atoms with Crippen molar-refractivity contribution in [3.8, 4) is 11.8 Å². The SMILES string of the molecule is CC(CC(=O)NCc1sccc1C#CCCO)C(C)(C)C. The monoisotopic (exact) mass is 307 g/mol. The Kier molecular flexibility index (Phi) is 6.94. The number of amides is 1. The van der Waals surface area contributed by atoms with E-state index in [2.05, 4.69) is 44.9 Å². The molecule has 1 aromatic rings. The first kappa shape index (κ1) is 17.7. The molecule has 0 bridgehead atoms. The molecule has 1 unspecified atom stereocenters. The molecule has 1 aromatic heterocycles. The molecule has 0 radical (unpaired) electrons. The van der Waals surface area contributed by atoms with Gasteiger partial charge in [-0.25, -0.2) is 0 Å². The lowest BCUT2D eigenvalue weighted by Gasteiger charge is -2.26. The highest BCUT2D eigenvalue weighted by atomic mass is 32.1. The first-order valence-corrected chi connectivity index (χ1v) is 8.15. The van der Waals surface area contributed by atoms with Crippen molar-refractivity contribution in [3.63, 3.8) is 0 Å². The minimum atomic E-state index is 0.0773. The highest BCUT2D eigenvalue weighted by Crippen LogP contribution is 2.27. The molecular formula is C17H25NO2S. The van der Waals surface area contributed by atoms with Crippen LogP contribution in [0, 0.1) is 23.2 Å². The van der Waals surface area contributed by atoms with Crippen molar-refractivity contribution in [2.24, 2.45) is 11.3 Å². The quantitative estimate of drug-likeness (QED) is 0.821. The lowest BCUT2D eigenvalue weighted by atomic mass is 9.80. The zero-order chi connectivity index (χ0) is 15.9. The van der Waals surface area contributed by atoms with E-state index in [1.165, 1.54) is 0 Å². The summed E-state index contributed by atoms with van der Waals surface area (Å²) in [6.45, 7) is 9.16. The maximum absolute atomic E-state index is 12.0. The molecule has 0 saturated carbocycles. The van der Waals surface area contributed by atoms with Gasteiger partial charge in [0.2, 0.25) is 5.91 Å². The minimum Gasteiger partial charge on any atom is -0.395 e. The fraction of sp³-hybridized carbons (Fsp3) is 0.588. The van der Waals surface area contributed by atoms with Gasteiger partial charge in [-0.05, 0) is 22.8 Å². The summed E-state index contributed by atoms with van der Waals surface area (Å²) in [7, 11) is 0. The van der Waals surface area contributed by atoms with E-state index in [0.29, 0.717) is 25.3 Å². The van der Waals surface area contributed by atoms with Crippen molar-refractivity contribution >= 4 is 17.2 Å². The normalized spacial score (nSPS) is 12.4. The van der Waals surface area contributed by atoms with Gasteiger partial charge < -0.3 is 10.4 Å². The highest BCUT2D eigenvalue weighted by Gasteiger charge is 2.22. The molecule has 0 aromatic carbocycles. The lowest BCUT2D eigenvalue weighted by molar-refractivity contribution is -0.122. The average Bonchev–Trinajstić information content (AvgIpc) is 2.83. The van der Waals surface area contributed by atoms with Gasteiger partial charge in [0.1, 0.15) is 0 Å². The second kappa shape index (κ2) is 8.21. The van der Waals surface area contributed by atoms with Crippen LogP contribution in [0.3, 0.4) is 0 Å². The van der Waals surface area contributed by atoms with Crippen LogP contribution in [0.4, 0.5) is 0 Å². The fourth-order valence-electron chi connectivity index (χ4n) is 1.64.